The van der Waals surface area contributed by atoms with Crippen molar-refractivity contribution in [2.45, 2.75) is 215 Å². The van der Waals surface area contributed by atoms with Crippen LogP contribution in [0.25, 0.3) is 0 Å². The highest BCUT2D eigenvalue weighted by atomic mass is 35.5. The van der Waals surface area contributed by atoms with Crippen molar-refractivity contribution in [2.24, 2.45) is 0 Å². The van der Waals surface area contributed by atoms with E-state index in [-0.39, 0.29) is 52.1 Å². The lowest BCUT2D eigenvalue weighted by atomic mass is 9.94. The summed E-state index contributed by atoms with van der Waals surface area (Å²) in [5.74, 6) is -0.893. The molecule has 35 atom stereocenters. The standard InChI is InChI=1S/C64H112ClNO35/c1-68-23-30-38-45(75-8)53(83-16)60(90-30)98-40-32(25-70-3)92-62(55(85-18)47(40)77-10)100-42-34(27-72-5)94-64(57(87-20)49(42)79-12)101-43-35(28-73-6)93-63(56(86-19)50(43)80-13)99-41-33(26-71-4)91-61(54(84-17)48(41)78-11)97-39-31(24-69-2)89-59(52(82-15)46(39)76-9)95-37-29(22-66-36(67)21-65)88-58(96-38)51(81-14)44(37)74-7/h29-35,37-64H,21-28H2,1-20H3,(H,66,67)/t29-,30-,31-,32-,33-,34-,35-,37-,38-,39-,40-,41-,42-,43-,44+,45+,46+,47+,48+,49+,50+,51-,52-,53-,54-,55-,56-,57-,58-,59-,60-,61-,62-,63-,64-/m1/s1. The van der Waals surface area contributed by atoms with Crippen molar-refractivity contribution in [3.05, 3.63) is 0 Å². The first-order valence-electron chi connectivity index (χ1n) is 33.4. The van der Waals surface area contributed by atoms with E-state index in [1.807, 2.05) is 0 Å². The maximum absolute atomic E-state index is 13.1. The Labute approximate surface area is 596 Å². The van der Waals surface area contributed by atoms with Gasteiger partial charge in [-0.05, 0) is 0 Å². The van der Waals surface area contributed by atoms with E-state index in [1.54, 1.807) is 0 Å². The monoisotopic (exact) mass is 1490 g/mol. The molecule has 0 radical (unpaired) electrons. The largest absolute Gasteiger partial charge is 0.382 e. The molecule has 37 heteroatoms. The number of alkyl halides is 1. The highest BCUT2D eigenvalue weighted by Gasteiger charge is 2.62. The lowest BCUT2D eigenvalue weighted by molar-refractivity contribution is -0.402. The van der Waals surface area contributed by atoms with Crippen LogP contribution < -0.4 is 5.32 Å². The maximum atomic E-state index is 13.1. The zero-order valence-electron chi connectivity index (χ0n) is 61.5. The Morgan fingerprint density at radius 3 is 0.525 bits per heavy atom. The molecule has 14 bridgehead atoms. The van der Waals surface area contributed by atoms with Crippen LogP contribution in [0, 0.1) is 0 Å². The zero-order chi connectivity index (χ0) is 73.2. The molecule has 36 nitrogen and oxygen atoms in total. The number of hydrogen-bond donors (Lipinski definition) is 1. The van der Waals surface area contributed by atoms with E-state index in [1.165, 1.54) is 142 Å². The molecule has 1 amide bonds. The molecule has 0 spiro atoms. The van der Waals surface area contributed by atoms with Gasteiger partial charge in [-0.1, -0.05) is 0 Å². The van der Waals surface area contributed by atoms with Gasteiger partial charge in [-0.2, -0.15) is 0 Å². The van der Waals surface area contributed by atoms with E-state index in [2.05, 4.69) is 5.32 Å². The first kappa shape index (κ1) is 85.0. The van der Waals surface area contributed by atoms with Crippen molar-refractivity contribution in [1.82, 2.24) is 5.32 Å². The van der Waals surface area contributed by atoms with Crippen LogP contribution in [0.2, 0.25) is 0 Å². The second kappa shape index (κ2) is 41.8. The van der Waals surface area contributed by atoms with Gasteiger partial charge >= 0.3 is 0 Å². The maximum Gasteiger partial charge on any atom is 0.235 e. The van der Waals surface area contributed by atoms with Crippen LogP contribution in [0.15, 0.2) is 0 Å². The van der Waals surface area contributed by atoms with Crippen molar-refractivity contribution in [1.29, 1.82) is 0 Å². The van der Waals surface area contributed by atoms with E-state index >= 15 is 0 Å². The third-order valence-corrected chi connectivity index (χ3v) is 19.8. The summed E-state index contributed by atoms with van der Waals surface area (Å²) in [4.78, 5) is 13.1. The van der Waals surface area contributed by atoms with E-state index in [0.717, 1.165) is 0 Å². The number of hydrogen-bond acceptors (Lipinski definition) is 35. The van der Waals surface area contributed by atoms with Crippen LogP contribution >= 0.6 is 11.6 Å². The minimum absolute atomic E-state index is 0.0524. The van der Waals surface area contributed by atoms with Gasteiger partial charge < -0.3 is 166 Å². The average Bonchev–Trinajstić information content (AvgIpc) is 0.775. The fourth-order valence-electron chi connectivity index (χ4n) is 15.0. The van der Waals surface area contributed by atoms with Gasteiger partial charge in [0.05, 0.1) is 39.6 Å². The predicted molar refractivity (Wildman–Crippen MR) is 341 cm³/mol. The van der Waals surface area contributed by atoms with Crippen LogP contribution in [0.4, 0.5) is 0 Å². The van der Waals surface area contributed by atoms with Gasteiger partial charge in [-0.15, -0.1) is 11.6 Å². The first-order valence-corrected chi connectivity index (χ1v) is 34.0. The molecule has 1 N–H and O–H groups in total. The number of nitrogens with one attached hydrogen (secondary N) is 1. The molecule has 0 aromatic heterocycles. The molecule has 21 heterocycles. The number of halogens is 1. The number of ether oxygens (including phenoxy) is 34. The van der Waals surface area contributed by atoms with Crippen LogP contribution in [-0.4, -0.2) is 415 Å². The van der Waals surface area contributed by atoms with Gasteiger partial charge in [0.1, 0.15) is 177 Å². The Kier molecular flexibility index (Phi) is 35.2. The van der Waals surface area contributed by atoms with Crippen LogP contribution in [-0.2, 0) is 166 Å². The Morgan fingerprint density at radius 1 is 0.238 bits per heavy atom. The minimum atomic E-state index is -1.33. The molecule has 21 aliphatic heterocycles. The van der Waals surface area contributed by atoms with Crippen molar-refractivity contribution in [3.63, 3.8) is 0 Å². The molecule has 0 aromatic carbocycles. The average molecular weight is 1490 g/mol. The molecule has 101 heavy (non-hydrogen) atoms. The lowest BCUT2D eigenvalue weighted by Crippen LogP contribution is -2.69. The summed E-state index contributed by atoms with van der Waals surface area (Å²) < 4.78 is 220. The summed E-state index contributed by atoms with van der Waals surface area (Å²) in [6, 6.07) is 0. The van der Waals surface area contributed by atoms with Crippen molar-refractivity contribution in [2.75, 3.05) is 194 Å². The van der Waals surface area contributed by atoms with Gasteiger partial charge in [-0.25, -0.2) is 0 Å². The highest BCUT2D eigenvalue weighted by molar-refractivity contribution is 6.27. The summed E-state index contributed by atoms with van der Waals surface area (Å²) in [7, 11) is 29.8. The topological polar surface area (TPSA) is 343 Å². The molecule has 21 fully saturated rings. The second-order valence-corrected chi connectivity index (χ2v) is 25.2. The Morgan fingerprint density at radius 2 is 0.386 bits per heavy atom. The Balaban J connectivity index is 1.25. The van der Waals surface area contributed by atoms with E-state index in [0.29, 0.717) is 0 Å². The lowest BCUT2D eigenvalue weighted by Gasteiger charge is -2.52. The molecular weight excluding hydrogens is 1380 g/mol. The van der Waals surface area contributed by atoms with Crippen molar-refractivity contribution in [3.8, 4) is 0 Å². The third kappa shape index (κ3) is 19.0. The van der Waals surface area contributed by atoms with Crippen LogP contribution in [0.1, 0.15) is 0 Å². The molecular formula is C64H112ClNO35. The molecule has 21 saturated heterocycles. The van der Waals surface area contributed by atoms with Crippen molar-refractivity contribution >= 4 is 17.5 Å². The number of rotatable bonds is 29. The van der Waals surface area contributed by atoms with Crippen LogP contribution in [0.5, 0.6) is 0 Å². The summed E-state index contributed by atoms with van der Waals surface area (Å²) in [6.07, 6.45) is -37.7. The van der Waals surface area contributed by atoms with E-state index < -0.39 is 221 Å². The minimum Gasteiger partial charge on any atom is -0.382 e. The summed E-state index contributed by atoms with van der Waals surface area (Å²) in [5, 5.41) is 2.83. The molecule has 590 valence electrons. The number of carbonyl (C=O) groups excluding carboxylic acids is 1. The molecule has 0 unspecified atom stereocenters. The normalized spacial score (nSPS) is 45.0. The van der Waals surface area contributed by atoms with Crippen molar-refractivity contribution < 1.29 is 166 Å². The van der Waals surface area contributed by atoms with E-state index in [9.17, 15) is 4.79 Å². The molecule has 0 saturated carbocycles. The molecule has 0 aromatic rings. The third-order valence-electron chi connectivity index (χ3n) is 19.6. The quantitative estimate of drug-likeness (QED) is 0.0809. The number of carbonyl (C=O) groups is 1. The smallest absolute Gasteiger partial charge is 0.235 e. The van der Waals surface area contributed by atoms with Gasteiger partial charge in [0.2, 0.25) is 5.91 Å². The first-order chi connectivity index (χ1) is 49.1. The fraction of sp³-hybridized carbons (Fsp3) is 0.984. The van der Waals surface area contributed by atoms with E-state index in [4.69, 9.17) is 173 Å². The summed E-state index contributed by atoms with van der Waals surface area (Å²) in [5.41, 5.74) is 0. The van der Waals surface area contributed by atoms with Gasteiger partial charge in [-0.3, -0.25) is 4.79 Å². The second-order valence-electron chi connectivity index (χ2n) is 25.0. The fourth-order valence-corrected chi connectivity index (χ4v) is 15.1. The van der Waals surface area contributed by atoms with Gasteiger partial charge in [0.15, 0.2) is 44.0 Å². The zero-order valence-corrected chi connectivity index (χ0v) is 62.3. The summed E-state index contributed by atoms with van der Waals surface area (Å²) in [6.45, 7) is -0.600. The van der Waals surface area contributed by atoms with Crippen LogP contribution in [0.3, 0.4) is 0 Å². The van der Waals surface area contributed by atoms with Gasteiger partial charge in [0, 0.05) is 149 Å². The van der Waals surface area contributed by atoms with Gasteiger partial charge in [0.25, 0.3) is 0 Å². The Hall–Kier alpha value is -1.60. The molecule has 21 aliphatic rings. The molecule has 0 aliphatic carbocycles. The number of amides is 1. The number of methoxy groups -OCH3 is 20. The summed E-state index contributed by atoms with van der Waals surface area (Å²) >= 11 is 6.08. The SMILES string of the molecule is COC[C@H]1O[C@@H]2O[C@H]3[C@H](OC)[C@@H](OC)[C@@H](O[C@H]4[C@H](OC)[C@@H](OC)[C@@H](O[C@H]5[C@H](OC)[C@@H](OC)[C@@H](O[C@H]6[C@H](OC)[C@@H](OC)[C@@H](O[C@H]7[C@H](OC)[C@@H](OC)[C@@H](O[C@H]8[C@H](OC)[C@@H](OC)[C@@H](O[C@H]1[C@H](OC)[C@H]2OC)O[C@@H]8CNC(=O)CCl)O[C@@H]7COC)O[C@@H]6COC)O[C@@H]5COC)O[C@@H]4COC)O[C@@H]3COC. The Bertz CT molecular complexity index is 2330. The highest BCUT2D eigenvalue weighted by Crippen LogP contribution is 2.43. The molecule has 21 rings (SSSR count). The predicted octanol–water partition coefficient (Wildman–Crippen LogP) is -1.79.